The van der Waals surface area contributed by atoms with E-state index in [-0.39, 0.29) is 11.4 Å². The molecule has 0 aromatic carbocycles. The molecule has 0 saturated heterocycles. The maximum Gasteiger partial charge on any atom is 0.433 e. The predicted octanol–water partition coefficient (Wildman–Crippen LogP) is 1.83. The number of aryl methyl sites for hydroxylation is 1. The lowest BCUT2D eigenvalue weighted by atomic mass is 10.3. The van der Waals surface area contributed by atoms with Crippen LogP contribution in [0.2, 0.25) is 0 Å². The minimum Gasteiger partial charge on any atom is -0.253 e. The number of rotatable bonds is 5. The van der Waals surface area contributed by atoms with E-state index in [2.05, 4.69) is 15.3 Å². The van der Waals surface area contributed by atoms with Crippen molar-refractivity contribution >= 4 is 9.84 Å². The van der Waals surface area contributed by atoms with Gasteiger partial charge in [-0.15, -0.1) is 5.10 Å². The second-order valence-electron chi connectivity index (χ2n) is 4.61. The van der Waals surface area contributed by atoms with Gasteiger partial charge in [-0.2, -0.15) is 13.2 Å². The summed E-state index contributed by atoms with van der Waals surface area (Å²) in [5.74, 6) is -0.985. The molecule has 22 heavy (non-hydrogen) atoms. The summed E-state index contributed by atoms with van der Waals surface area (Å²) in [7, 11) is -3.69. The van der Waals surface area contributed by atoms with Crippen LogP contribution in [0.4, 0.5) is 13.2 Å². The molecule has 0 aliphatic rings. The van der Waals surface area contributed by atoms with Gasteiger partial charge in [-0.25, -0.2) is 13.4 Å². The number of pyridine rings is 1. The molecule has 0 N–H and O–H groups in total. The van der Waals surface area contributed by atoms with Crippen LogP contribution in [-0.2, 0) is 34.1 Å². The minimum atomic E-state index is -4.61. The van der Waals surface area contributed by atoms with Gasteiger partial charge in [-0.05, 0) is 19.1 Å². The van der Waals surface area contributed by atoms with Crippen molar-refractivity contribution in [1.82, 2.24) is 20.0 Å². The lowest BCUT2D eigenvalue weighted by Crippen LogP contribution is -2.13. The number of nitrogens with zero attached hydrogens (tertiary/aromatic N) is 4. The van der Waals surface area contributed by atoms with Crippen molar-refractivity contribution < 1.29 is 21.6 Å². The number of halogens is 3. The Kier molecular flexibility index (Phi) is 4.50. The molecule has 6 nitrogen and oxygen atoms in total. The third-order valence-corrected chi connectivity index (χ3v) is 4.21. The minimum absolute atomic E-state index is 0.155. The van der Waals surface area contributed by atoms with Crippen LogP contribution in [0.1, 0.15) is 24.0 Å². The molecule has 0 radical (unpaired) electrons. The third kappa shape index (κ3) is 4.26. The smallest absolute Gasteiger partial charge is 0.253 e. The average molecular weight is 334 g/mol. The largest absolute Gasteiger partial charge is 0.433 e. The summed E-state index contributed by atoms with van der Waals surface area (Å²) in [5, 5.41) is 7.41. The van der Waals surface area contributed by atoms with Crippen LogP contribution in [0, 0.1) is 0 Å². The highest BCUT2D eigenvalue weighted by Gasteiger charge is 2.32. The molecule has 0 aliphatic heterocycles. The highest BCUT2D eigenvalue weighted by Crippen LogP contribution is 2.27. The molecule has 0 saturated carbocycles. The summed E-state index contributed by atoms with van der Waals surface area (Å²) in [6.45, 7) is 2.36. The molecule has 0 amide bonds. The Bertz CT molecular complexity index is 756. The SMILES string of the molecule is CCn1cc(CS(=O)(=O)Cc2cccc(C(F)(F)F)n2)nn1. The Morgan fingerprint density at radius 2 is 1.86 bits per heavy atom. The maximum absolute atomic E-state index is 12.6. The molecule has 2 heterocycles. The topological polar surface area (TPSA) is 77.7 Å². The maximum atomic E-state index is 12.6. The fraction of sp³-hybridized carbons (Fsp3) is 0.417. The normalized spacial score (nSPS) is 12.5. The van der Waals surface area contributed by atoms with Crippen LogP contribution in [0.25, 0.3) is 0 Å². The molecule has 2 rings (SSSR count). The molecule has 0 unspecified atom stereocenters. The quantitative estimate of drug-likeness (QED) is 0.833. The van der Waals surface area contributed by atoms with E-state index in [0.717, 1.165) is 12.1 Å². The van der Waals surface area contributed by atoms with Gasteiger partial charge < -0.3 is 0 Å². The lowest BCUT2D eigenvalue weighted by Gasteiger charge is -2.07. The number of sulfone groups is 1. The van der Waals surface area contributed by atoms with Crippen LogP contribution < -0.4 is 0 Å². The van der Waals surface area contributed by atoms with Crippen molar-refractivity contribution in [3.8, 4) is 0 Å². The zero-order valence-corrected chi connectivity index (χ0v) is 12.4. The molecule has 0 fully saturated rings. The Morgan fingerprint density at radius 1 is 1.18 bits per heavy atom. The van der Waals surface area contributed by atoms with Crippen molar-refractivity contribution in [3.05, 3.63) is 41.5 Å². The molecule has 10 heteroatoms. The molecular weight excluding hydrogens is 321 g/mol. The van der Waals surface area contributed by atoms with Gasteiger partial charge in [0.2, 0.25) is 0 Å². The summed E-state index contributed by atoms with van der Waals surface area (Å²) in [5.41, 5.74) is -1.02. The van der Waals surface area contributed by atoms with Crippen LogP contribution in [-0.4, -0.2) is 28.4 Å². The average Bonchev–Trinajstić information content (AvgIpc) is 2.84. The van der Waals surface area contributed by atoms with Gasteiger partial charge in [-0.1, -0.05) is 11.3 Å². The first-order valence-corrected chi connectivity index (χ1v) is 8.14. The number of alkyl halides is 3. The van der Waals surface area contributed by atoms with E-state index in [1.165, 1.54) is 16.9 Å². The Labute approximate surface area is 124 Å². The van der Waals surface area contributed by atoms with E-state index in [4.69, 9.17) is 0 Å². The lowest BCUT2D eigenvalue weighted by molar-refractivity contribution is -0.141. The van der Waals surface area contributed by atoms with Gasteiger partial charge >= 0.3 is 6.18 Å². The molecule has 2 aromatic heterocycles. The van der Waals surface area contributed by atoms with Crippen LogP contribution in [0.15, 0.2) is 24.4 Å². The Balaban J connectivity index is 2.15. The standard InChI is InChI=1S/C12H13F3N4O2S/c1-2-19-6-10(17-18-19)8-22(20,21)7-9-4-3-5-11(16-9)12(13,14)15/h3-6H,2,7-8H2,1H3. The van der Waals surface area contributed by atoms with Crippen LogP contribution in [0.3, 0.4) is 0 Å². The zero-order valence-electron chi connectivity index (χ0n) is 11.6. The summed E-state index contributed by atoms with van der Waals surface area (Å²) in [4.78, 5) is 3.35. The second-order valence-corrected chi connectivity index (χ2v) is 6.67. The van der Waals surface area contributed by atoms with Gasteiger partial charge in [0.1, 0.15) is 5.69 Å². The van der Waals surface area contributed by atoms with Crippen molar-refractivity contribution in [3.63, 3.8) is 0 Å². The Hall–Kier alpha value is -1.97. The van der Waals surface area contributed by atoms with Gasteiger partial charge in [-0.3, -0.25) is 4.68 Å². The van der Waals surface area contributed by atoms with Gasteiger partial charge in [0, 0.05) is 12.7 Å². The van der Waals surface area contributed by atoms with Crippen LogP contribution in [0.5, 0.6) is 0 Å². The highest BCUT2D eigenvalue weighted by atomic mass is 32.2. The molecule has 0 atom stereocenters. The first-order valence-electron chi connectivity index (χ1n) is 6.32. The van der Waals surface area contributed by atoms with E-state index in [1.54, 1.807) is 0 Å². The summed E-state index contributed by atoms with van der Waals surface area (Å²) < 4.78 is 63.2. The van der Waals surface area contributed by atoms with Crippen molar-refractivity contribution in [2.75, 3.05) is 0 Å². The number of aromatic nitrogens is 4. The molecular formula is C12H13F3N4O2S. The van der Waals surface area contributed by atoms with E-state index in [1.807, 2.05) is 6.92 Å². The number of hydrogen-bond acceptors (Lipinski definition) is 5. The zero-order chi connectivity index (χ0) is 16.4. The first kappa shape index (κ1) is 16.4. The van der Waals surface area contributed by atoms with E-state index in [0.29, 0.717) is 6.54 Å². The van der Waals surface area contributed by atoms with E-state index in [9.17, 15) is 21.6 Å². The molecule has 0 bridgehead atoms. The summed E-state index contributed by atoms with van der Waals surface area (Å²) >= 11 is 0. The van der Waals surface area contributed by atoms with E-state index < -0.39 is 33.2 Å². The van der Waals surface area contributed by atoms with Crippen LogP contribution >= 0.6 is 0 Å². The summed E-state index contributed by atoms with van der Waals surface area (Å²) in [6, 6.07) is 3.17. The van der Waals surface area contributed by atoms with Crippen molar-refractivity contribution in [2.45, 2.75) is 31.2 Å². The van der Waals surface area contributed by atoms with Crippen molar-refractivity contribution in [2.24, 2.45) is 0 Å². The predicted molar refractivity (Wildman–Crippen MR) is 71.3 cm³/mol. The second kappa shape index (κ2) is 6.03. The monoisotopic (exact) mass is 334 g/mol. The molecule has 2 aromatic rings. The third-order valence-electron chi connectivity index (χ3n) is 2.74. The molecule has 0 spiro atoms. The first-order chi connectivity index (χ1) is 10.2. The van der Waals surface area contributed by atoms with Crippen molar-refractivity contribution in [1.29, 1.82) is 0 Å². The number of hydrogen-bond donors (Lipinski definition) is 0. The summed E-state index contributed by atoms with van der Waals surface area (Å²) in [6.07, 6.45) is -3.12. The Morgan fingerprint density at radius 3 is 2.45 bits per heavy atom. The van der Waals surface area contributed by atoms with E-state index >= 15 is 0 Å². The molecule has 120 valence electrons. The fourth-order valence-corrected chi connectivity index (χ4v) is 3.08. The van der Waals surface area contributed by atoms with Gasteiger partial charge in [0.15, 0.2) is 9.84 Å². The molecule has 0 aliphatic carbocycles. The van der Waals surface area contributed by atoms with Gasteiger partial charge in [0.25, 0.3) is 0 Å². The van der Waals surface area contributed by atoms with Gasteiger partial charge in [0.05, 0.1) is 22.9 Å². The highest BCUT2D eigenvalue weighted by molar-refractivity contribution is 7.89. The fourth-order valence-electron chi connectivity index (χ4n) is 1.78.